The summed E-state index contributed by atoms with van der Waals surface area (Å²) in [5, 5.41) is 5.30. The number of nitrogens with two attached hydrogens (primary N) is 1. The molecule has 2 N–H and O–H groups in total. The minimum Gasteiger partial charge on any atom is -0.493 e. The molecule has 1 aliphatic carbocycles. The predicted molar refractivity (Wildman–Crippen MR) is 136 cm³/mol. The topological polar surface area (TPSA) is 81.9 Å². The summed E-state index contributed by atoms with van der Waals surface area (Å²) in [6.45, 7) is 4.98. The summed E-state index contributed by atoms with van der Waals surface area (Å²) in [5.74, 6) is 1.87. The van der Waals surface area contributed by atoms with Gasteiger partial charge in [-0.3, -0.25) is 4.90 Å². The maximum absolute atomic E-state index is 11.6. The second kappa shape index (κ2) is 10.7. The van der Waals surface area contributed by atoms with Crippen molar-refractivity contribution in [2.24, 2.45) is 10.6 Å². The van der Waals surface area contributed by atoms with Gasteiger partial charge in [-0.1, -0.05) is 43.3 Å². The third-order valence-corrected chi connectivity index (χ3v) is 8.34. The normalized spacial score (nSPS) is 23.9. The zero-order valence-electron chi connectivity index (χ0n) is 20.4. The molecule has 2 atom stereocenters. The first-order valence-corrected chi connectivity index (χ1v) is 14.1. The molecule has 1 aliphatic heterocycles. The Balaban J connectivity index is 1.58. The SMILES string of the molecule is COc1ccc([C@@H]2CN(Cc3ccccc3)C[C@@]2(C)CCCS(N)(=O)=O)cc1OC1CCCC1. The van der Waals surface area contributed by atoms with E-state index in [0.717, 1.165) is 50.4 Å². The molecule has 2 aromatic carbocycles. The van der Waals surface area contributed by atoms with Gasteiger partial charge in [0.1, 0.15) is 0 Å². The van der Waals surface area contributed by atoms with Crippen LogP contribution in [0.25, 0.3) is 0 Å². The lowest BCUT2D eigenvalue weighted by Crippen LogP contribution is -2.28. The van der Waals surface area contributed by atoms with E-state index in [2.05, 4.69) is 48.2 Å². The van der Waals surface area contributed by atoms with Crippen LogP contribution in [-0.4, -0.2) is 45.4 Å². The van der Waals surface area contributed by atoms with Gasteiger partial charge in [0.15, 0.2) is 11.5 Å². The van der Waals surface area contributed by atoms with Crippen molar-refractivity contribution in [3.05, 3.63) is 59.7 Å². The van der Waals surface area contributed by atoms with Crippen molar-refractivity contribution < 1.29 is 17.9 Å². The van der Waals surface area contributed by atoms with Crippen molar-refractivity contribution in [3.8, 4) is 11.5 Å². The predicted octanol–water partition coefficient (Wildman–Crippen LogP) is 4.69. The summed E-state index contributed by atoms with van der Waals surface area (Å²) >= 11 is 0. The van der Waals surface area contributed by atoms with Crippen LogP contribution >= 0.6 is 0 Å². The minimum atomic E-state index is -3.47. The third-order valence-electron chi connectivity index (χ3n) is 7.48. The maximum Gasteiger partial charge on any atom is 0.209 e. The molecule has 0 amide bonds. The molecule has 1 saturated heterocycles. The fourth-order valence-electron chi connectivity index (χ4n) is 5.75. The van der Waals surface area contributed by atoms with Crippen molar-refractivity contribution in [1.82, 2.24) is 4.90 Å². The molecule has 0 radical (unpaired) electrons. The zero-order chi connectivity index (χ0) is 24.2. The van der Waals surface area contributed by atoms with Gasteiger partial charge in [0.25, 0.3) is 0 Å². The van der Waals surface area contributed by atoms with Crippen molar-refractivity contribution >= 4 is 10.0 Å². The molecular formula is C27H38N2O4S. The van der Waals surface area contributed by atoms with E-state index in [9.17, 15) is 8.42 Å². The van der Waals surface area contributed by atoms with E-state index >= 15 is 0 Å². The zero-order valence-corrected chi connectivity index (χ0v) is 21.2. The van der Waals surface area contributed by atoms with Crippen LogP contribution in [0, 0.1) is 5.41 Å². The Bertz CT molecular complexity index is 1050. The Morgan fingerprint density at radius 2 is 1.82 bits per heavy atom. The molecule has 6 nitrogen and oxygen atoms in total. The number of hydrogen-bond donors (Lipinski definition) is 1. The van der Waals surface area contributed by atoms with Crippen LogP contribution in [0.15, 0.2) is 48.5 Å². The molecule has 0 aromatic heterocycles. The summed E-state index contributed by atoms with van der Waals surface area (Å²) in [6.07, 6.45) is 6.22. The Hall–Kier alpha value is -2.09. The molecule has 0 unspecified atom stereocenters. The van der Waals surface area contributed by atoms with Crippen molar-refractivity contribution in [2.45, 2.75) is 64.0 Å². The van der Waals surface area contributed by atoms with Gasteiger partial charge >= 0.3 is 0 Å². The van der Waals surface area contributed by atoms with Gasteiger partial charge in [0, 0.05) is 25.6 Å². The molecule has 186 valence electrons. The van der Waals surface area contributed by atoms with E-state index in [1.54, 1.807) is 7.11 Å². The third kappa shape index (κ3) is 6.32. The highest BCUT2D eigenvalue weighted by Gasteiger charge is 2.43. The van der Waals surface area contributed by atoms with Crippen LogP contribution in [0.3, 0.4) is 0 Å². The summed E-state index contributed by atoms with van der Waals surface area (Å²) < 4.78 is 35.2. The van der Waals surface area contributed by atoms with Gasteiger partial charge in [-0.25, -0.2) is 13.6 Å². The van der Waals surface area contributed by atoms with E-state index in [1.807, 2.05) is 12.1 Å². The molecule has 1 saturated carbocycles. The quantitative estimate of drug-likeness (QED) is 0.527. The van der Waals surface area contributed by atoms with Crippen LogP contribution in [0.5, 0.6) is 11.5 Å². The van der Waals surface area contributed by atoms with Gasteiger partial charge in [-0.05, 0) is 67.2 Å². The number of sulfonamides is 1. The fourth-order valence-corrected chi connectivity index (χ4v) is 6.30. The molecule has 0 spiro atoms. The van der Waals surface area contributed by atoms with Gasteiger partial charge in [-0.2, -0.15) is 0 Å². The molecular weight excluding hydrogens is 448 g/mol. The molecule has 7 heteroatoms. The van der Waals surface area contributed by atoms with E-state index in [4.69, 9.17) is 14.6 Å². The molecule has 1 heterocycles. The average Bonchev–Trinajstić information content (AvgIpc) is 3.41. The maximum atomic E-state index is 11.6. The number of hydrogen-bond acceptors (Lipinski definition) is 5. The highest BCUT2D eigenvalue weighted by atomic mass is 32.2. The number of nitrogens with zero attached hydrogens (tertiary/aromatic N) is 1. The van der Waals surface area contributed by atoms with Crippen LogP contribution in [0.1, 0.15) is 62.5 Å². The second-order valence-corrected chi connectivity index (χ2v) is 12.0. The molecule has 4 rings (SSSR count). The number of likely N-dealkylation sites (tertiary alicyclic amines) is 1. The van der Waals surface area contributed by atoms with Gasteiger partial charge in [0.05, 0.1) is 19.0 Å². The van der Waals surface area contributed by atoms with Gasteiger partial charge < -0.3 is 9.47 Å². The number of methoxy groups -OCH3 is 1. The smallest absolute Gasteiger partial charge is 0.209 e. The Kier molecular flexibility index (Phi) is 7.85. The first kappa shape index (κ1) is 25.0. The largest absolute Gasteiger partial charge is 0.493 e. The number of ether oxygens (including phenoxy) is 2. The standard InChI is InChI=1S/C27H38N2O4S/c1-27(15-8-16-34(28,30)31)20-29(18-21-9-4-3-5-10-21)19-24(27)22-13-14-25(32-2)26(17-22)33-23-11-6-7-12-23/h3-5,9-10,13-14,17,23-24H,6-8,11-12,15-16,18-20H2,1-2H3,(H2,28,30,31)/t24-,27+/m0/s1. The summed E-state index contributed by atoms with van der Waals surface area (Å²) in [6, 6.07) is 16.8. The lowest BCUT2D eigenvalue weighted by atomic mass is 9.73. The lowest BCUT2D eigenvalue weighted by molar-refractivity contribution is 0.200. The number of rotatable bonds is 10. The van der Waals surface area contributed by atoms with Crippen LogP contribution < -0.4 is 14.6 Å². The van der Waals surface area contributed by atoms with Crippen LogP contribution in [-0.2, 0) is 16.6 Å². The average molecular weight is 487 g/mol. The summed E-state index contributed by atoms with van der Waals surface area (Å²) in [4.78, 5) is 2.48. The Morgan fingerprint density at radius 1 is 1.09 bits per heavy atom. The number of primary sulfonamides is 1. The highest BCUT2D eigenvalue weighted by molar-refractivity contribution is 7.89. The molecule has 2 aromatic rings. The molecule has 2 aliphatic rings. The molecule has 0 bridgehead atoms. The van der Waals surface area contributed by atoms with E-state index < -0.39 is 10.0 Å². The van der Waals surface area contributed by atoms with E-state index in [1.165, 1.54) is 24.0 Å². The van der Waals surface area contributed by atoms with Crippen LogP contribution in [0.4, 0.5) is 0 Å². The second-order valence-electron chi connectivity index (χ2n) is 10.3. The highest BCUT2D eigenvalue weighted by Crippen LogP contribution is 2.48. The summed E-state index contributed by atoms with van der Waals surface area (Å²) in [5.41, 5.74) is 2.44. The van der Waals surface area contributed by atoms with Gasteiger partial charge in [0.2, 0.25) is 10.0 Å². The summed E-state index contributed by atoms with van der Waals surface area (Å²) in [7, 11) is -1.78. The Labute approximate surface area is 204 Å². The van der Waals surface area contributed by atoms with Crippen molar-refractivity contribution in [3.63, 3.8) is 0 Å². The first-order chi connectivity index (χ1) is 16.3. The van der Waals surface area contributed by atoms with E-state index in [-0.39, 0.29) is 23.2 Å². The monoisotopic (exact) mass is 486 g/mol. The van der Waals surface area contributed by atoms with E-state index in [0.29, 0.717) is 6.42 Å². The van der Waals surface area contributed by atoms with Crippen molar-refractivity contribution in [2.75, 3.05) is 26.0 Å². The Morgan fingerprint density at radius 3 is 2.50 bits per heavy atom. The lowest BCUT2D eigenvalue weighted by Gasteiger charge is -2.31. The molecule has 34 heavy (non-hydrogen) atoms. The van der Waals surface area contributed by atoms with Gasteiger partial charge in [-0.15, -0.1) is 0 Å². The van der Waals surface area contributed by atoms with Crippen LogP contribution in [0.2, 0.25) is 0 Å². The number of benzene rings is 2. The fraction of sp³-hybridized carbons (Fsp3) is 0.556. The first-order valence-electron chi connectivity index (χ1n) is 12.4. The van der Waals surface area contributed by atoms with Crippen molar-refractivity contribution in [1.29, 1.82) is 0 Å². The minimum absolute atomic E-state index is 0.0205. The molecule has 2 fully saturated rings.